The van der Waals surface area contributed by atoms with E-state index in [1.54, 1.807) is 0 Å². The first-order valence-corrected chi connectivity index (χ1v) is 5.78. The van der Waals surface area contributed by atoms with Crippen LogP contribution in [0.25, 0.3) is 11.1 Å². The number of hydrogen-bond donors (Lipinski definition) is 0. The van der Waals surface area contributed by atoms with Gasteiger partial charge in [-0.25, -0.2) is 0 Å². The van der Waals surface area contributed by atoms with Gasteiger partial charge in [0.1, 0.15) is 6.07 Å². The van der Waals surface area contributed by atoms with Crippen molar-refractivity contribution in [2.24, 2.45) is 0 Å². The Labute approximate surface area is 103 Å². The predicted molar refractivity (Wildman–Crippen MR) is 69.0 cm³/mol. The second-order valence-corrected chi connectivity index (χ2v) is 4.43. The van der Waals surface area contributed by atoms with Crippen LogP contribution in [0.15, 0.2) is 46.9 Å². The summed E-state index contributed by atoms with van der Waals surface area (Å²) in [5.41, 5.74) is 3.79. The molecule has 0 aliphatic heterocycles. The maximum absolute atomic E-state index is 9.21. The number of hydrogen-bond acceptors (Lipinski definition) is 1. The van der Waals surface area contributed by atoms with Crippen LogP contribution in [0.4, 0.5) is 0 Å². The molecule has 0 unspecified atom stereocenters. The zero-order valence-corrected chi connectivity index (χ0v) is 10.5. The molecule has 0 radical (unpaired) electrons. The molecule has 0 saturated heterocycles. The molecular formula is C14H10BrN. The number of nitrogens with zero attached hydrogens (tertiary/aromatic N) is 1. The van der Waals surface area contributed by atoms with Crippen LogP contribution in [-0.2, 0) is 0 Å². The Kier molecular flexibility index (Phi) is 3.07. The van der Waals surface area contributed by atoms with Gasteiger partial charge in [0, 0.05) is 4.47 Å². The van der Waals surface area contributed by atoms with Crippen molar-refractivity contribution in [1.29, 1.82) is 5.26 Å². The van der Waals surface area contributed by atoms with E-state index in [0.29, 0.717) is 0 Å². The van der Waals surface area contributed by atoms with Crippen LogP contribution in [0.3, 0.4) is 0 Å². The molecule has 0 saturated carbocycles. The molecule has 0 spiro atoms. The van der Waals surface area contributed by atoms with Gasteiger partial charge in [-0.05, 0) is 29.7 Å². The van der Waals surface area contributed by atoms with E-state index in [0.717, 1.165) is 26.7 Å². The van der Waals surface area contributed by atoms with Gasteiger partial charge in [-0.2, -0.15) is 5.26 Å². The van der Waals surface area contributed by atoms with Gasteiger partial charge in [-0.15, -0.1) is 0 Å². The van der Waals surface area contributed by atoms with E-state index in [1.165, 1.54) is 0 Å². The molecule has 2 aromatic carbocycles. The third kappa shape index (κ3) is 1.87. The summed E-state index contributed by atoms with van der Waals surface area (Å²) in [6.45, 7) is 1.95. The van der Waals surface area contributed by atoms with Gasteiger partial charge in [-0.1, -0.05) is 52.3 Å². The molecule has 0 atom stereocenters. The molecule has 0 heterocycles. The first-order chi connectivity index (χ1) is 7.74. The Morgan fingerprint density at radius 3 is 2.38 bits per heavy atom. The second kappa shape index (κ2) is 4.51. The molecule has 0 amide bonds. The van der Waals surface area contributed by atoms with Gasteiger partial charge in [0.05, 0.1) is 5.56 Å². The third-order valence-corrected chi connectivity index (χ3v) is 3.45. The van der Waals surface area contributed by atoms with Gasteiger partial charge in [0.2, 0.25) is 0 Å². The minimum atomic E-state index is 0.737. The summed E-state index contributed by atoms with van der Waals surface area (Å²) >= 11 is 3.44. The zero-order chi connectivity index (χ0) is 11.5. The normalized spacial score (nSPS) is 9.81. The molecule has 1 nitrogen and oxygen atoms in total. The highest BCUT2D eigenvalue weighted by atomic mass is 79.9. The molecule has 0 bridgehead atoms. The molecule has 2 heteroatoms. The van der Waals surface area contributed by atoms with Crippen LogP contribution in [-0.4, -0.2) is 0 Å². The maximum atomic E-state index is 9.21. The van der Waals surface area contributed by atoms with E-state index in [9.17, 15) is 5.26 Å². The molecule has 0 N–H and O–H groups in total. The van der Waals surface area contributed by atoms with Crippen molar-refractivity contribution in [2.75, 3.05) is 0 Å². The zero-order valence-electron chi connectivity index (χ0n) is 8.87. The molecule has 0 fully saturated rings. The summed E-state index contributed by atoms with van der Waals surface area (Å²) in [4.78, 5) is 0. The fourth-order valence-electron chi connectivity index (χ4n) is 1.69. The molecular weight excluding hydrogens is 262 g/mol. The molecule has 0 aromatic heterocycles. The van der Waals surface area contributed by atoms with Crippen molar-refractivity contribution >= 4 is 15.9 Å². The first kappa shape index (κ1) is 10.9. The fraction of sp³-hybridized carbons (Fsp3) is 0.0714. The summed E-state index contributed by atoms with van der Waals surface area (Å²) in [5.74, 6) is 0. The topological polar surface area (TPSA) is 23.8 Å². The minimum absolute atomic E-state index is 0.737. The van der Waals surface area contributed by atoms with Gasteiger partial charge in [-0.3, -0.25) is 0 Å². The molecule has 2 aromatic rings. The van der Waals surface area contributed by atoms with Crippen molar-refractivity contribution in [3.05, 3.63) is 58.1 Å². The van der Waals surface area contributed by atoms with Gasteiger partial charge in [0.25, 0.3) is 0 Å². The lowest BCUT2D eigenvalue weighted by atomic mass is 9.97. The summed E-state index contributed by atoms with van der Waals surface area (Å²) in [6.07, 6.45) is 0. The highest BCUT2D eigenvalue weighted by Crippen LogP contribution is 2.29. The summed E-state index contributed by atoms with van der Waals surface area (Å²) in [7, 11) is 0. The van der Waals surface area contributed by atoms with Crippen molar-refractivity contribution in [3.8, 4) is 17.2 Å². The van der Waals surface area contributed by atoms with Gasteiger partial charge < -0.3 is 0 Å². The average molecular weight is 272 g/mol. The monoisotopic (exact) mass is 271 g/mol. The number of nitriles is 1. The lowest BCUT2D eigenvalue weighted by Crippen LogP contribution is -1.89. The molecule has 0 aliphatic rings. The highest BCUT2D eigenvalue weighted by molar-refractivity contribution is 9.10. The van der Waals surface area contributed by atoms with E-state index in [4.69, 9.17) is 0 Å². The SMILES string of the molecule is Cc1c(Br)ccc(-c2ccccc2)c1C#N. The maximum Gasteiger partial charge on any atom is 0.100 e. The van der Waals surface area contributed by atoms with E-state index in [-0.39, 0.29) is 0 Å². The fourth-order valence-corrected chi connectivity index (χ4v) is 2.02. The Morgan fingerprint density at radius 1 is 1.06 bits per heavy atom. The van der Waals surface area contributed by atoms with Gasteiger partial charge >= 0.3 is 0 Å². The van der Waals surface area contributed by atoms with Crippen molar-refractivity contribution in [1.82, 2.24) is 0 Å². The van der Waals surface area contributed by atoms with Crippen LogP contribution in [0.1, 0.15) is 11.1 Å². The Balaban J connectivity index is 2.68. The Hall–Kier alpha value is -1.59. The summed E-state index contributed by atoms with van der Waals surface area (Å²) in [5, 5.41) is 9.21. The lowest BCUT2D eigenvalue weighted by Gasteiger charge is -2.08. The van der Waals surface area contributed by atoms with Crippen LogP contribution >= 0.6 is 15.9 Å². The number of benzene rings is 2. The molecule has 78 valence electrons. The molecule has 0 aliphatic carbocycles. The predicted octanol–water partition coefficient (Wildman–Crippen LogP) is 4.30. The van der Waals surface area contributed by atoms with Crippen molar-refractivity contribution in [2.45, 2.75) is 6.92 Å². The highest BCUT2D eigenvalue weighted by Gasteiger charge is 2.09. The second-order valence-electron chi connectivity index (χ2n) is 3.57. The Morgan fingerprint density at radius 2 is 1.75 bits per heavy atom. The van der Waals surface area contributed by atoms with Crippen molar-refractivity contribution < 1.29 is 0 Å². The summed E-state index contributed by atoms with van der Waals surface area (Å²) < 4.78 is 0.976. The smallest absolute Gasteiger partial charge is 0.100 e. The first-order valence-electron chi connectivity index (χ1n) is 4.98. The quantitative estimate of drug-likeness (QED) is 0.759. The number of halogens is 1. The standard InChI is InChI=1S/C14H10BrN/c1-10-13(9-16)12(7-8-14(10)15)11-5-3-2-4-6-11/h2-8H,1H3. The largest absolute Gasteiger partial charge is 0.192 e. The van der Waals surface area contributed by atoms with Gasteiger partial charge in [0.15, 0.2) is 0 Å². The van der Waals surface area contributed by atoms with Crippen molar-refractivity contribution in [3.63, 3.8) is 0 Å². The van der Waals surface area contributed by atoms with Crippen LogP contribution in [0.2, 0.25) is 0 Å². The van der Waals surface area contributed by atoms with Crippen LogP contribution in [0, 0.1) is 18.3 Å². The lowest BCUT2D eigenvalue weighted by molar-refractivity contribution is 1.36. The van der Waals surface area contributed by atoms with E-state index in [2.05, 4.69) is 22.0 Å². The minimum Gasteiger partial charge on any atom is -0.192 e. The van der Waals surface area contributed by atoms with E-state index >= 15 is 0 Å². The summed E-state index contributed by atoms with van der Waals surface area (Å²) in [6, 6.07) is 16.2. The average Bonchev–Trinajstić information content (AvgIpc) is 2.33. The molecule has 2 rings (SSSR count). The van der Waals surface area contributed by atoms with Crippen LogP contribution in [0.5, 0.6) is 0 Å². The van der Waals surface area contributed by atoms with E-state index in [1.807, 2.05) is 49.4 Å². The number of rotatable bonds is 1. The van der Waals surface area contributed by atoms with Crippen LogP contribution < -0.4 is 0 Å². The third-order valence-electron chi connectivity index (χ3n) is 2.60. The Bertz CT molecular complexity index is 553. The van der Waals surface area contributed by atoms with E-state index < -0.39 is 0 Å². The molecule has 16 heavy (non-hydrogen) atoms.